The molecule has 1 heterocycles. The first-order chi connectivity index (χ1) is 14.0. The predicted octanol–water partition coefficient (Wildman–Crippen LogP) is 1.49. The van der Waals surface area contributed by atoms with Crippen LogP contribution < -0.4 is 11.4 Å². The summed E-state index contributed by atoms with van der Waals surface area (Å²) in [5.41, 5.74) is -3.05. The summed E-state index contributed by atoms with van der Waals surface area (Å²) in [5.74, 6) is -3.00. The number of rotatable bonds is 5. The molecule has 1 aromatic carbocycles. The second kappa shape index (κ2) is 9.13. The molecule has 0 saturated carbocycles. The third kappa shape index (κ3) is 4.39. The van der Waals surface area contributed by atoms with Crippen LogP contribution in [0.2, 0.25) is 5.02 Å². The molecule has 0 aliphatic rings. The number of carbonyl (C=O) groups is 2. The van der Waals surface area contributed by atoms with Crippen molar-refractivity contribution in [2.24, 2.45) is 19.3 Å². The van der Waals surface area contributed by atoms with Crippen molar-refractivity contribution in [2.75, 3.05) is 6.61 Å². The molecular weight excluding hydrogens is 443 g/mol. The van der Waals surface area contributed by atoms with Crippen LogP contribution >= 0.6 is 23.8 Å². The number of benzene rings is 1. The van der Waals surface area contributed by atoms with Crippen LogP contribution in [0.3, 0.4) is 0 Å². The fourth-order valence-corrected chi connectivity index (χ4v) is 2.66. The van der Waals surface area contributed by atoms with E-state index in [4.69, 9.17) is 28.6 Å². The summed E-state index contributed by atoms with van der Waals surface area (Å²) < 4.78 is 21.5. The smallest absolute Gasteiger partial charge is 0.367 e. The third-order valence-electron chi connectivity index (χ3n) is 3.86. The zero-order valence-electron chi connectivity index (χ0n) is 16.3. The Morgan fingerprint density at radius 1 is 1.20 bits per heavy atom. The zero-order chi connectivity index (χ0) is 22.7. The Labute approximate surface area is 178 Å². The van der Waals surface area contributed by atoms with E-state index in [1.165, 1.54) is 21.0 Å². The van der Waals surface area contributed by atoms with E-state index >= 15 is 0 Å². The normalized spacial score (nSPS) is 11.3. The van der Waals surface area contributed by atoms with Gasteiger partial charge in [0.25, 0.3) is 0 Å². The molecule has 0 aliphatic carbocycles. The summed E-state index contributed by atoms with van der Waals surface area (Å²) in [5, 5.41) is 2.99. The van der Waals surface area contributed by atoms with Crippen LogP contribution in [-0.2, 0) is 28.5 Å². The molecule has 2 aromatic rings. The average Bonchev–Trinajstić information content (AvgIpc) is 2.70. The summed E-state index contributed by atoms with van der Waals surface area (Å²) in [6.07, 6.45) is 0. The summed E-state index contributed by atoms with van der Waals surface area (Å²) >= 11 is 10.9. The van der Waals surface area contributed by atoms with Gasteiger partial charge in [0.15, 0.2) is 10.5 Å². The number of aromatic nitrogens is 3. The van der Waals surface area contributed by atoms with Crippen LogP contribution in [0.4, 0.5) is 4.39 Å². The molecule has 0 bridgehead atoms. The molecule has 10 nitrogen and oxygen atoms in total. The van der Waals surface area contributed by atoms with Crippen LogP contribution in [-0.4, -0.2) is 38.0 Å². The predicted molar refractivity (Wildman–Crippen MR) is 107 cm³/mol. The molecule has 160 valence electrons. The largest absolute Gasteiger partial charge is 0.461 e. The van der Waals surface area contributed by atoms with Gasteiger partial charge in [0.2, 0.25) is 0 Å². The molecule has 0 N–H and O–H groups in total. The van der Waals surface area contributed by atoms with Crippen molar-refractivity contribution in [1.82, 2.24) is 13.7 Å². The van der Waals surface area contributed by atoms with Crippen molar-refractivity contribution in [1.29, 1.82) is 0 Å². The molecular formula is C17H16ClFN4O6S. The van der Waals surface area contributed by atoms with E-state index in [1.54, 1.807) is 6.92 Å². The average molecular weight is 459 g/mol. The molecule has 13 heteroatoms. The van der Waals surface area contributed by atoms with Gasteiger partial charge in [0, 0.05) is 14.1 Å². The maximum absolute atomic E-state index is 14.5. The molecule has 0 amide bonds. The molecule has 0 saturated heterocycles. The lowest BCUT2D eigenvalue weighted by Gasteiger charge is -2.12. The molecule has 0 aliphatic heterocycles. The standard InChI is InChI=1S/C17H16ClFN4O6S/c1-5-28-13(24)8(2)20-29-14(25)9-6-12(11(19)7-10(9)18)23-15(26)21(3)17(30)22(4)16(23)27/h6-7H,5H2,1-4H3. The van der Waals surface area contributed by atoms with Gasteiger partial charge >= 0.3 is 23.3 Å². The van der Waals surface area contributed by atoms with Crippen LogP contribution in [0.15, 0.2) is 26.9 Å². The number of hydrogen-bond donors (Lipinski definition) is 0. The van der Waals surface area contributed by atoms with Crippen LogP contribution in [0, 0.1) is 10.6 Å². The summed E-state index contributed by atoms with van der Waals surface area (Å²) in [4.78, 5) is 53.4. The molecule has 2 rings (SSSR count). The molecule has 30 heavy (non-hydrogen) atoms. The number of halogens is 2. The van der Waals surface area contributed by atoms with E-state index in [1.807, 2.05) is 0 Å². The molecule has 0 spiro atoms. The van der Waals surface area contributed by atoms with E-state index < -0.39 is 40.4 Å². The first-order valence-corrected chi connectivity index (χ1v) is 9.11. The van der Waals surface area contributed by atoms with Gasteiger partial charge < -0.3 is 9.57 Å². The number of carbonyl (C=O) groups excluding carboxylic acids is 2. The maximum atomic E-state index is 14.5. The fraction of sp³-hybridized carbons (Fsp3) is 0.294. The summed E-state index contributed by atoms with van der Waals surface area (Å²) in [6.45, 7) is 2.93. The Bertz CT molecular complexity index is 1210. The number of oxime groups is 1. The Hall–Kier alpha value is -3.12. The molecule has 1 aromatic heterocycles. The van der Waals surface area contributed by atoms with Crippen LogP contribution in [0.5, 0.6) is 0 Å². The minimum absolute atomic E-state index is 0.0842. The highest BCUT2D eigenvalue weighted by atomic mass is 35.5. The lowest BCUT2D eigenvalue weighted by Crippen LogP contribution is -2.43. The first kappa shape index (κ1) is 23.2. The van der Waals surface area contributed by atoms with Gasteiger partial charge in [-0.05, 0) is 38.2 Å². The van der Waals surface area contributed by atoms with Crippen molar-refractivity contribution in [3.63, 3.8) is 0 Å². The molecule has 0 radical (unpaired) electrons. The quantitative estimate of drug-likeness (QED) is 0.219. The van der Waals surface area contributed by atoms with Crippen molar-refractivity contribution in [3.05, 3.63) is 54.3 Å². The van der Waals surface area contributed by atoms with Crippen molar-refractivity contribution in [3.8, 4) is 5.69 Å². The van der Waals surface area contributed by atoms with E-state index in [0.29, 0.717) is 4.57 Å². The number of nitrogens with zero attached hydrogens (tertiary/aromatic N) is 4. The second-order valence-electron chi connectivity index (χ2n) is 5.86. The Balaban J connectivity index is 2.58. The van der Waals surface area contributed by atoms with E-state index in [9.17, 15) is 23.6 Å². The summed E-state index contributed by atoms with van der Waals surface area (Å²) in [6, 6.07) is 1.60. The van der Waals surface area contributed by atoms with Crippen molar-refractivity contribution >= 4 is 41.5 Å². The monoisotopic (exact) mass is 458 g/mol. The van der Waals surface area contributed by atoms with Gasteiger partial charge in [-0.25, -0.2) is 28.1 Å². The van der Waals surface area contributed by atoms with E-state index in [0.717, 1.165) is 21.3 Å². The van der Waals surface area contributed by atoms with Crippen molar-refractivity contribution < 1.29 is 23.6 Å². The highest BCUT2D eigenvalue weighted by Crippen LogP contribution is 2.23. The SMILES string of the molecule is CCOC(=O)C(C)=NOC(=O)c1cc(-n2c(=O)n(C)c(=S)n(C)c2=O)c(F)cc1Cl. The number of esters is 1. The van der Waals surface area contributed by atoms with Crippen LogP contribution in [0.25, 0.3) is 5.69 Å². The molecule has 0 unspecified atom stereocenters. The third-order valence-corrected chi connectivity index (χ3v) is 4.72. The van der Waals surface area contributed by atoms with Gasteiger partial charge in [0.05, 0.1) is 22.9 Å². The number of hydrogen-bond acceptors (Lipinski definition) is 8. The van der Waals surface area contributed by atoms with Gasteiger partial charge in [-0.2, -0.15) is 0 Å². The zero-order valence-corrected chi connectivity index (χ0v) is 17.8. The lowest BCUT2D eigenvalue weighted by molar-refractivity contribution is -0.135. The first-order valence-electron chi connectivity index (χ1n) is 8.32. The van der Waals surface area contributed by atoms with Gasteiger partial charge in [-0.3, -0.25) is 9.13 Å². The van der Waals surface area contributed by atoms with E-state index in [-0.39, 0.29) is 22.1 Å². The molecule has 0 atom stereocenters. The second-order valence-corrected chi connectivity index (χ2v) is 6.63. The highest BCUT2D eigenvalue weighted by Gasteiger charge is 2.21. The van der Waals surface area contributed by atoms with Crippen LogP contribution in [0.1, 0.15) is 24.2 Å². The summed E-state index contributed by atoms with van der Waals surface area (Å²) in [7, 11) is 2.60. The Morgan fingerprint density at radius 3 is 2.30 bits per heavy atom. The Morgan fingerprint density at radius 2 is 1.77 bits per heavy atom. The molecule has 0 fully saturated rings. The Kier molecular flexibility index (Phi) is 7.05. The minimum Gasteiger partial charge on any atom is -0.461 e. The topological polar surface area (TPSA) is 114 Å². The van der Waals surface area contributed by atoms with Gasteiger partial charge in [-0.1, -0.05) is 16.8 Å². The van der Waals surface area contributed by atoms with Crippen molar-refractivity contribution in [2.45, 2.75) is 13.8 Å². The minimum atomic E-state index is -1.15. The highest BCUT2D eigenvalue weighted by molar-refractivity contribution is 7.71. The lowest BCUT2D eigenvalue weighted by atomic mass is 10.2. The van der Waals surface area contributed by atoms with Gasteiger partial charge in [0.1, 0.15) is 5.82 Å². The number of ether oxygens (including phenoxy) is 1. The van der Waals surface area contributed by atoms with Gasteiger partial charge in [-0.15, -0.1) is 0 Å². The fourth-order valence-electron chi connectivity index (χ4n) is 2.27. The maximum Gasteiger partial charge on any atom is 0.367 e. The van der Waals surface area contributed by atoms with E-state index in [2.05, 4.69) is 9.99 Å².